The van der Waals surface area contributed by atoms with Gasteiger partial charge in [-0.05, 0) is 41.5 Å². The normalized spacial score (nSPS) is 16.3. The molecule has 0 radical (unpaired) electrons. The van der Waals surface area contributed by atoms with Gasteiger partial charge in [0.05, 0.1) is 10.6 Å². The van der Waals surface area contributed by atoms with Crippen LogP contribution in [0.5, 0.6) is 0 Å². The number of sulfonamides is 1. The summed E-state index contributed by atoms with van der Waals surface area (Å²) in [5.74, 6) is -0.280. The third-order valence-corrected chi connectivity index (χ3v) is 6.68. The van der Waals surface area contributed by atoms with E-state index in [4.69, 9.17) is 0 Å². The predicted octanol–water partition coefficient (Wildman–Crippen LogP) is 3.10. The summed E-state index contributed by atoms with van der Waals surface area (Å²) in [5.41, 5.74) is 1.43. The summed E-state index contributed by atoms with van der Waals surface area (Å²) in [4.78, 5) is 12.8. The fourth-order valence-corrected chi connectivity index (χ4v) is 5.27. The van der Waals surface area contributed by atoms with Gasteiger partial charge in [0.25, 0.3) is 10.0 Å². The summed E-state index contributed by atoms with van der Waals surface area (Å²) in [5, 5.41) is 4.58. The molecule has 5 nitrogen and oxygen atoms in total. The highest BCUT2D eigenvalue weighted by Crippen LogP contribution is 2.37. The molecule has 0 aromatic heterocycles. The maximum absolute atomic E-state index is 13.5. The molecular weight excluding hydrogens is 360 g/mol. The van der Waals surface area contributed by atoms with Crippen LogP contribution < -0.4 is 9.62 Å². The fourth-order valence-electron chi connectivity index (χ4n) is 3.59. The molecule has 138 valence electrons. The second kappa shape index (κ2) is 6.70. The number of benzene rings is 3. The standard InChI is InChI=1S/C21H20N2O3S/c1-2-22-21(24)20-14-17-9-5-6-10-19(17)23(20)27(25,26)18-12-11-15-7-3-4-8-16(15)13-18/h3-13,20H,2,14H2,1H3,(H,22,24). The summed E-state index contributed by atoms with van der Waals surface area (Å²) < 4.78 is 28.3. The number of hydrogen-bond acceptors (Lipinski definition) is 3. The largest absolute Gasteiger partial charge is 0.355 e. The Balaban J connectivity index is 1.84. The quantitative estimate of drug-likeness (QED) is 0.756. The number of anilines is 1. The van der Waals surface area contributed by atoms with Crippen molar-refractivity contribution >= 4 is 32.4 Å². The van der Waals surface area contributed by atoms with E-state index in [1.807, 2.05) is 43.3 Å². The Bertz CT molecular complexity index is 1120. The van der Waals surface area contributed by atoms with Crippen molar-refractivity contribution in [1.82, 2.24) is 5.32 Å². The Morgan fingerprint density at radius 1 is 1.04 bits per heavy atom. The van der Waals surface area contributed by atoms with Crippen LogP contribution in [0.25, 0.3) is 10.8 Å². The molecule has 3 aromatic carbocycles. The first-order chi connectivity index (χ1) is 13.0. The highest BCUT2D eigenvalue weighted by molar-refractivity contribution is 7.93. The van der Waals surface area contributed by atoms with Gasteiger partial charge in [-0.15, -0.1) is 0 Å². The second-order valence-electron chi connectivity index (χ2n) is 6.55. The number of hydrogen-bond donors (Lipinski definition) is 1. The molecule has 0 bridgehead atoms. The minimum absolute atomic E-state index is 0.187. The molecule has 0 fully saturated rings. The first-order valence-corrected chi connectivity index (χ1v) is 10.3. The Labute approximate surface area is 158 Å². The molecule has 1 aliphatic rings. The number of carbonyl (C=O) groups is 1. The fraction of sp³-hybridized carbons (Fsp3) is 0.190. The molecule has 0 aliphatic carbocycles. The molecule has 1 unspecified atom stereocenters. The van der Waals surface area contributed by atoms with E-state index in [9.17, 15) is 13.2 Å². The Morgan fingerprint density at radius 3 is 2.52 bits per heavy atom. The van der Waals surface area contributed by atoms with Crippen LogP contribution in [0.2, 0.25) is 0 Å². The Morgan fingerprint density at radius 2 is 1.74 bits per heavy atom. The molecule has 1 atom stereocenters. The van der Waals surface area contributed by atoms with Crippen molar-refractivity contribution in [2.75, 3.05) is 10.8 Å². The van der Waals surface area contributed by atoms with Gasteiger partial charge >= 0.3 is 0 Å². The molecule has 0 saturated carbocycles. The molecule has 1 aliphatic heterocycles. The summed E-state index contributed by atoms with van der Waals surface area (Å²) in [6, 6.07) is 19.2. The third-order valence-electron chi connectivity index (χ3n) is 4.86. The predicted molar refractivity (Wildman–Crippen MR) is 106 cm³/mol. The van der Waals surface area contributed by atoms with E-state index in [2.05, 4.69) is 5.32 Å². The van der Waals surface area contributed by atoms with Crippen molar-refractivity contribution in [2.24, 2.45) is 0 Å². The Kier molecular flexibility index (Phi) is 4.36. The van der Waals surface area contributed by atoms with E-state index < -0.39 is 16.1 Å². The highest BCUT2D eigenvalue weighted by atomic mass is 32.2. The van der Waals surface area contributed by atoms with E-state index in [0.29, 0.717) is 18.7 Å². The molecule has 1 N–H and O–H groups in total. The zero-order valence-electron chi connectivity index (χ0n) is 14.9. The lowest BCUT2D eigenvalue weighted by atomic mass is 10.1. The number of likely N-dealkylation sites (N-methyl/N-ethyl adjacent to an activating group) is 1. The first kappa shape index (κ1) is 17.5. The van der Waals surface area contributed by atoms with Crippen LogP contribution in [0.3, 0.4) is 0 Å². The van der Waals surface area contributed by atoms with Gasteiger partial charge in [0, 0.05) is 13.0 Å². The molecule has 0 spiro atoms. The maximum Gasteiger partial charge on any atom is 0.265 e. The van der Waals surface area contributed by atoms with Crippen LogP contribution in [-0.4, -0.2) is 26.9 Å². The van der Waals surface area contributed by atoms with Crippen molar-refractivity contribution < 1.29 is 13.2 Å². The number of amides is 1. The van der Waals surface area contributed by atoms with E-state index in [0.717, 1.165) is 16.3 Å². The number of para-hydroxylation sites is 1. The molecule has 1 heterocycles. The topological polar surface area (TPSA) is 66.5 Å². The zero-order chi connectivity index (χ0) is 19.0. The first-order valence-electron chi connectivity index (χ1n) is 8.91. The number of nitrogens with one attached hydrogen (secondary N) is 1. The van der Waals surface area contributed by atoms with Gasteiger partial charge in [0.15, 0.2) is 0 Å². The van der Waals surface area contributed by atoms with Gasteiger partial charge in [-0.3, -0.25) is 9.10 Å². The van der Waals surface area contributed by atoms with E-state index in [1.54, 1.807) is 30.3 Å². The summed E-state index contributed by atoms with van der Waals surface area (Å²) in [7, 11) is -3.88. The molecule has 3 aromatic rings. The number of carbonyl (C=O) groups excluding carboxylic acids is 1. The zero-order valence-corrected chi connectivity index (χ0v) is 15.7. The third kappa shape index (κ3) is 2.96. The number of nitrogens with zero attached hydrogens (tertiary/aromatic N) is 1. The highest BCUT2D eigenvalue weighted by Gasteiger charge is 2.42. The van der Waals surface area contributed by atoms with Crippen molar-refractivity contribution in [2.45, 2.75) is 24.3 Å². The summed E-state index contributed by atoms with van der Waals surface area (Å²) in [6.45, 7) is 2.28. The van der Waals surface area contributed by atoms with Gasteiger partial charge in [0.2, 0.25) is 5.91 Å². The average Bonchev–Trinajstić information content (AvgIpc) is 3.08. The lowest BCUT2D eigenvalue weighted by Crippen LogP contribution is -2.47. The summed E-state index contributed by atoms with van der Waals surface area (Å²) in [6.07, 6.45) is 0.370. The van der Waals surface area contributed by atoms with Gasteiger partial charge in [-0.2, -0.15) is 0 Å². The Hall–Kier alpha value is -2.86. The van der Waals surface area contributed by atoms with Gasteiger partial charge in [0.1, 0.15) is 6.04 Å². The minimum Gasteiger partial charge on any atom is -0.355 e. The van der Waals surface area contributed by atoms with Crippen LogP contribution in [0.15, 0.2) is 71.6 Å². The molecule has 4 rings (SSSR count). The summed E-state index contributed by atoms with van der Waals surface area (Å²) >= 11 is 0. The lowest BCUT2D eigenvalue weighted by molar-refractivity contribution is -0.121. The van der Waals surface area contributed by atoms with Gasteiger partial charge in [-0.25, -0.2) is 8.42 Å². The monoisotopic (exact) mass is 380 g/mol. The molecule has 6 heteroatoms. The SMILES string of the molecule is CCNC(=O)C1Cc2ccccc2N1S(=O)(=O)c1ccc2ccccc2c1. The lowest BCUT2D eigenvalue weighted by Gasteiger charge is -2.26. The van der Waals surface area contributed by atoms with E-state index in [-0.39, 0.29) is 10.8 Å². The van der Waals surface area contributed by atoms with Crippen LogP contribution in [0.4, 0.5) is 5.69 Å². The molecule has 1 amide bonds. The van der Waals surface area contributed by atoms with E-state index >= 15 is 0 Å². The van der Waals surface area contributed by atoms with Crippen molar-refractivity contribution in [3.63, 3.8) is 0 Å². The van der Waals surface area contributed by atoms with Crippen molar-refractivity contribution in [1.29, 1.82) is 0 Å². The molecule has 0 saturated heterocycles. The average molecular weight is 380 g/mol. The van der Waals surface area contributed by atoms with Crippen LogP contribution in [0, 0.1) is 0 Å². The van der Waals surface area contributed by atoms with Crippen molar-refractivity contribution in [3.05, 3.63) is 72.3 Å². The van der Waals surface area contributed by atoms with Crippen molar-refractivity contribution in [3.8, 4) is 0 Å². The van der Waals surface area contributed by atoms with Crippen LogP contribution in [0.1, 0.15) is 12.5 Å². The smallest absolute Gasteiger partial charge is 0.265 e. The van der Waals surface area contributed by atoms with Gasteiger partial charge < -0.3 is 5.32 Å². The number of rotatable bonds is 4. The number of fused-ring (bicyclic) bond motifs is 2. The minimum atomic E-state index is -3.88. The van der Waals surface area contributed by atoms with Crippen LogP contribution >= 0.6 is 0 Å². The van der Waals surface area contributed by atoms with Gasteiger partial charge in [-0.1, -0.05) is 48.5 Å². The second-order valence-corrected chi connectivity index (χ2v) is 8.37. The maximum atomic E-state index is 13.5. The van der Waals surface area contributed by atoms with Crippen LogP contribution in [-0.2, 0) is 21.2 Å². The molecule has 27 heavy (non-hydrogen) atoms. The van der Waals surface area contributed by atoms with E-state index in [1.165, 1.54) is 4.31 Å². The molecular formula is C21H20N2O3S.